The predicted octanol–water partition coefficient (Wildman–Crippen LogP) is 5.36. The van der Waals surface area contributed by atoms with Gasteiger partial charge in [0, 0.05) is 16.6 Å². The van der Waals surface area contributed by atoms with Crippen molar-refractivity contribution in [2.75, 3.05) is 5.32 Å². The minimum Gasteiger partial charge on any atom is -0.464 e. The molecule has 0 saturated heterocycles. The number of carbonyl (C=O) groups is 1. The van der Waals surface area contributed by atoms with E-state index in [1.54, 1.807) is 6.26 Å². The van der Waals surface area contributed by atoms with Crippen LogP contribution in [0.25, 0.3) is 11.0 Å². The number of amides is 1. The van der Waals surface area contributed by atoms with Crippen LogP contribution in [0.15, 0.2) is 41.0 Å². The van der Waals surface area contributed by atoms with Crippen molar-refractivity contribution in [3.05, 3.63) is 64.4 Å². The zero-order valence-electron chi connectivity index (χ0n) is 15.4. The van der Waals surface area contributed by atoms with Gasteiger partial charge in [0.05, 0.1) is 12.7 Å². The van der Waals surface area contributed by atoms with Crippen molar-refractivity contribution in [1.29, 1.82) is 0 Å². The average molecular weight is 335 g/mol. The zero-order valence-corrected chi connectivity index (χ0v) is 15.4. The Kier molecular flexibility index (Phi) is 4.93. The lowest BCUT2D eigenvalue weighted by atomic mass is 10.0. The van der Waals surface area contributed by atoms with Crippen LogP contribution in [0.5, 0.6) is 0 Å². The number of carbonyl (C=O) groups excluding carboxylic acids is 1. The normalized spacial score (nSPS) is 11.0. The fourth-order valence-corrected chi connectivity index (χ4v) is 3.23. The van der Waals surface area contributed by atoms with Gasteiger partial charge in [-0.2, -0.15) is 0 Å². The molecule has 3 rings (SSSR count). The molecule has 1 amide bonds. The van der Waals surface area contributed by atoms with Crippen molar-refractivity contribution in [2.45, 2.75) is 47.0 Å². The SMILES string of the molecule is CCc1cccc(CC)c1NC(=O)Cc1coc2cc(C)c(C)cc12. The number of nitrogens with one attached hydrogen (secondary N) is 1. The van der Waals surface area contributed by atoms with E-state index in [4.69, 9.17) is 4.42 Å². The van der Waals surface area contributed by atoms with Crippen LogP contribution in [0.3, 0.4) is 0 Å². The Hall–Kier alpha value is -2.55. The Balaban J connectivity index is 1.86. The van der Waals surface area contributed by atoms with Gasteiger partial charge in [-0.25, -0.2) is 0 Å². The van der Waals surface area contributed by atoms with Crippen LogP contribution in [0.1, 0.15) is 41.7 Å². The summed E-state index contributed by atoms with van der Waals surface area (Å²) in [6.07, 6.45) is 3.82. The van der Waals surface area contributed by atoms with Gasteiger partial charge < -0.3 is 9.73 Å². The maximum atomic E-state index is 12.7. The molecular weight excluding hydrogens is 310 g/mol. The van der Waals surface area contributed by atoms with Gasteiger partial charge in [-0.1, -0.05) is 32.0 Å². The second-order valence-corrected chi connectivity index (χ2v) is 6.58. The molecule has 2 aromatic carbocycles. The lowest BCUT2D eigenvalue weighted by molar-refractivity contribution is -0.115. The number of anilines is 1. The standard InChI is InChI=1S/C22H25NO2/c1-5-16-8-7-9-17(6-2)22(16)23-21(24)12-18-13-25-20-11-15(4)14(3)10-19(18)20/h7-11,13H,5-6,12H2,1-4H3,(H,23,24). The smallest absolute Gasteiger partial charge is 0.228 e. The fourth-order valence-electron chi connectivity index (χ4n) is 3.23. The average Bonchev–Trinajstić information content (AvgIpc) is 2.97. The second-order valence-electron chi connectivity index (χ2n) is 6.58. The van der Waals surface area contributed by atoms with E-state index in [1.807, 2.05) is 6.07 Å². The molecule has 0 saturated carbocycles. The van der Waals surface area contributed by atoms with Gasteiger partial charge in [0.2, 0.25) is 5.91 Å². The third-order valence-electron chi connectivity index (χ3n) is 4.88. The maximum absolute atomic E-state index is 12.7. The Morgan fingerprint density at radius 1 is 1.00 bits per heavy atom. The molecule has 0 unspecified atom stereocenters. The zero-order chi connectivity index (χ0) is 18.0. The van der Waals surface area contributed by atoms with Crippen LogP contribution in [-0.4, -0.2) is 5.91 Å². The minimum absolute atomic E-state index is 0.00321. The number of para-hydroxylation sites is 1. The van der Waals surface area contributed by atoms with E-state index in [-0.39, 0.29) is 5.91 Å². The van der Waals surface area contributed by atoms with Crippen molar-refractivity contribution < 1.29 is 9.21 Å². The molecule has 1 heterocycles. The second kappa shape index (κ2) is 7.14. The largest absolute Gasteiger partial charge is 0.464 e. The summed E-state index contributed by atoms with van der Waals surface area (Å²) in [6.45, 7) is 8.37. The van der Waals surface area contributed by atoms with E-state index in [1.165, 1.54) is 22.3 Å². The van der Waals surface area contributed by atoms with Crippen molar-refractivity contribution >= 4 is 22.6 Å². The Labute approximate surface area is 149 Å². The van der Waals surface area contributed by atoms with Gasteiger partial charge >= 0.3 is 0 Å². The first kappa shape index (κ1) is 17.3. The highest BCUT2D eigenvalue weighted by Crippen LogP contribution is 2.26. The molecule has 1 N–H and O–H groups in total. The number of aryl methyl sites for hydroxylation is 4. The Morgan fingerprint density at radius 3 is 2.28 bits per heavy atom. The van der Waals surface area contributed by atoms with Gasteiger partial charge in [-0.05, 0) is 61.1 Å². The van der Waals surface area contributed by atoms with Crippen molar-refractivity contribution in [3.8, 4) is 0 Å². The van der Waals surface area contributed by atoms with Gasteiger partial charge in [0.1, 0.15) is 5.58 Å². The number of rotatable bonds is 5. The molecule has 0 radical (unpaired) electrons. The van der Waals surface area contributed by atoms with Gasteiger partial charge in [0.15, 0.2) is 0 Å². The molecule has 0 aliphatic heterocycles. The summed E-state index contributed by atoms with van der Waals surface area (Å²) in [5.41, 5.74) is 7.50. The van der Waals surface area contributed by atoms with Crippen LogP contribution < -0.4 is 5.32 Å². The van der Waals surface area contributed by atoms with Gasteiger partial charge in [0.25, 0.3) is 0 Å². The highest BCUT2D eigenvalue weighted by Gasteiger charge is 2.14. The van der Waals surface area contributed by atoms with E-state index < -0.39 is 0 Å². The third-order valence-corrected chi connectivity index (χ3v) is 4.88. The van der Waals surface area contributed by atoms with Crippen LogP contribution in [0, 0.1) is 13.8 Å². The van der Waals surface area contributed by atoms with Crippen molar-refractivity contribution in [1.82, 2.24) is 0 Å². The Bertz CT molecular complexity index is 899. The molecule has 3 nitrogen and oxygen atoms in total. The van der Waals surface area contributed by atoms with Crippen molar-refractivity contribution in [3.63, 3.8) is 0 Å². The molecule has 3 aromatic rings. The molecule has 25 heavy (non-hydrogen) atoms. The van der Waals surface area contributed by atoms with Crippen LogP contribution in [0.4, 0.5) is 5.69 Å². The topological polar surface area (TPSA) is 42.2 Å². The van der Waals surface area contributed by atoms with Gasteiger partial charge in [-0.3, -0.25) is 4.79 Å². The van der Waals surface area contributed by atoms with E-state index >= 15 is 0 Å². The molecule has 0 spiro atoms. The predicted molar refractivity (Wildman–Crippen MR) is 103 cm³/mol. The highest BCUT2D eigenvalue weighted by molar-refractivity contribution is 5.96. The quantitative estimate of drug-likeness (QED) is 0.682. The summed E-state index contributed by atoms with van der Waals surface area (Å²) >= 11 is 0. The van der Waals surface area contributed by atoms with E-state index in [9.17, 15) is 4.79 Å². The summed E-state index contributed by atoms with van der Waals surface area (Å²) < 4.78 is 5.65. The lowest BCUT2D eigenvalue weighted by Crippen LogP contribution is -2.16. The molecular formula is C22H25NO2. The number of fused-ring (bicyclic) bond motifs is 1. The fraction of sp³-hybridized carbons (Fsp3) is 0.318. The van der Waals surface area contributed by atoms with Crippen LogP contribution in [-0.2, 0) is 24.1 Å². The Morgan fingerprint density at radius 2 is 1.64 bits per heavy atom. The highest BCUT2D eigenvalue weighted by atomic mass is 16.3. The molecule has 0 bridgehead atoms. The third kappa shape index (κ3) is 3.46. The number of benzene rings is 2. The molecule has 130 valence electrons. The van der Waals surface area contributed by atoms with Crippen molar-refractivity contribution in [2.24, 2.45) is 0 Å². The van der Waals surface area contributed by atoms with E-state index in [0.29, 0.717) is 6.42 Å². The van der Waals surface area contributed by atoms with E-state index in [0.717, 1.165) is 35.1 Å². The summed E-state index contributed by atoms with van der Waals surface area (Å²) in [4.78, 5) is 12.7. The molecule has 0 fully saturated rings. The number of hydrogen-bond donors (Lipinski definition) is 1. The first-order chi connectivity index (χ1) is 12.0. The minimum atomic E-state index is -0.00321. The van der Waals surface area contributed by atoms with E-state index in [2.05, 4.69) is 57.3 Å². The van der Waals surface area contributed by atoms with Crippen LogP contribution in [0.2, 0.25) is 0 Å². The summed E-state index contributed by atoms with van der Waals surface area (Å²) in [5, 5.41) is 4.16. The molecule has 1 aromatic heterocycles. The summed E-state index contributed by atoms with van der Waals surface area (Å²) in [7, 11) is 0. The summed E-state index contributed by atoms with van der Waals surface area (Å²) in [5.74, 6) is -0.00321. The van der Waals surface area contributed by atoms with Gasteiger partial charge in [-0.15, -0.1) is 0 Å². The molecule has 3 heteroatoms. The summed E-state index contributed by atoms with van der Waals surface area (Å²) in [6, 6.07) is 10.4. The van der Waals surface area contributed by atoms with Crippen LogP contribution >= 0.6 is 0 Å². The number of hydrogen-bond acceptors (Lipinski definition) is 2. The number of furan rings is 1. The maximum Gasteiger partial charge on any atom is 0.228 e. The monoisotopic (exact) mass is 335 g/mol. The molecule has 0 aliphatic carbocycles. The molecule has 0 aliphatic rings. The molecule has 0 atom stereocenters. The first-order valence-electron chi connectivity index (χ1n) is 8.91. The lowest BCUT2D eigenvalue weighted by Gasteiger charge is -2.14. The first-order valence-corrected chi connectivity index (χ1v) is 8.91.